The molecule has 2 heterocycles. The molecule has 2 aromatic rings. The lowest BCUT2D eigenvalue weighted by Gasteiger charge is -2.35. The molecule has 2 aliphatic rings. The van der Waals surface area contributed by atoms with Gasteiger partial charge in [-0.15, -0.1) is 5.10 Å². The quantitative estimate of drug-likeness (QED) is 0.535. The zero-order valence-corrected chi connectivity index (χ0v) is 22.2. The summed E-state index contributed by atoms with van der Waals surface area (Å²) in [5.74, 6) is 0.334. The first-order valence-electron chi connectivity index (χ1n) is 13.0. The van der Waals surface area contributed by atoms with E-state index >= 15 is 0 Å². The van der Waals surface area contributed by atoms with Gasteiger partial charge in [0.05, 0.1) is 30.1 Å². The van der Waals surface area contributed by atoms with Gasteiger partial charge in [-0.3, -0.25) is 14.5 Å². The van der Waals surface area contributed by atoms with Crippen molar-refractivity contribution < 1.29 is 27.5 Å². The van der Waals surface area contributed by atoms with Crippen LogP contribution >= 0.6 is 0 Å². The molecule has 1 aliphatic heterocycles. The van der Waals surface area contributed by atoms with Crippen LogP contribution in [0.3, 0.4) is 0 Å². The highest BCUT2D eigenvalue weighted by molar-refractivity contribution is 5.78. The van der Waals surface area contributed by atoms with Gasteiger partial charge in [0.25, 0.3) is 0 Å². The summed E-state index contributed by atoms with van der Waals surface area (Å²) in [7, 11) is 3.40. The number of anilines is 1. The Hall–Kier alpha value is -3.32. The maximum atomic E-state index is 12.9. The average molecular weight is 550 g/mol. The number of piperazine rings is 1. The van der Waals surface area contributed by atoms with Crippen molar-refractivity contribution in [2.75, 3.05) is 58.3 Å². The summed E-state index contributed by atoms with van der Waals surface area (Å²) in [5, 5.41) is 11.2. The van der Waals surface area contributed by atoms with E-state index in [1.54, 1.807) is 14.1 Å². The minimum atomic E-state index is -4.40. The van der Waals surface area contributed by atoms with Gasteiger partial charge in [0.1, 0.15) is 6.61 Å². The molecule has 1 aromatic heterocycles. The molecule has 0 unspecified atom stereocenters. The Bertz CT molecular complexity index is 1110. The highest BCUT2D eigenvalue weighted by atomic mass is 19.4. The molecule has 10 nitrogen and oxygen atoms in total. The van der Waals surface area contributed by atoms with E-state index in [1.807, 2.05) is 4.90 Å². The number of nitrogens with zero attached hydrogens (tertiary/aromatic N) is 6. The summed E-state index contributed by atoms with van der Waals surface area (Å²) in [6.45, 7) is 2.86. The van der Waals surface area contributed by atoms with Crippen molar-refractivity contribution in [1.29, 1.82) is 0 Å². The van der Waals surface area contributed by atoms with Gasteiger partial charge >= 0.3 is 6.18 Å². The zero-order valence-electron chi connectivity index (χ0n) is 22.2. The third-order valence-electron chi connectivity index (χ3n) is 7.06. The normalized spacial score (nSPS) is 20.5. The van der Waals surface area contributed by atoms with Gasteiger partial charge in [-0.05, 0) is 37.8 Å². The monoisotopic (exact) mass is 549 g/mol. The third-order valence-corrected chi connectivity index (χ3v) is 7.06. The van der Waals surface area contributed by atoms with Crippen LogP contribution in [0.2, 0.25) is 0 Å². The molecule has 0 spiro atoms. The maximum absolute atomic E-state index is 12.9. The van der Waals surface area contributed by atoms with Crippen molar-refractivity contribution in [1.82, 2.24) is 30.3 Å². The number of ether oxygens (including phenoxy) is 1. The number of hydrogen-bond acceptors (Lipinski definition) is 8. The molecule has 39 heavy (non-hydrogen) atoms. The molecule has 4 rings (SSSR count). The Balaban J connectivity index is 1.20. The molecule has 212 valence electrons. The Kier molecular flexibility index (Phi) is 9.33. The van der Waals surface area contributed by atoms with Gasteiger partial charge in [-0.25, -0.2) is 4.98 Å². The second-order valence-corrected chi connectivity index (χ2v) is 10.1. The first-order chi connectivity index (χ1) is 18.6. The van der Waals surface area contributed by atoms with Gasteiger partial charge < -0.3 is 19.9 Å². The van der Waals surface area contributed by atoms with Gasteiger partial charge in [0, 0.05) is 51.9 Å². The fraction of sp³-hybridized carbons (Fsp3) is 0.577. The van der Waals surface area contributed by atoms with Crippen molar-refractivity contribution in [3.8, 4) is 11.3 Å². The summed E-state index contributed by atoms with van der Waals surface area (Å²) in [6, 6.07) is 4.90. The van der Waals surface area contributed by atoms with Crippen LogP contribution in [0.25, 0.3) is 11.3 Å². The Labute approximate surface area is 225 Å². The molecule has 0 radical (unpaired) electrons. The number of alkyl halides is 3. The van der Waals surface area contributed by atoms with E-state index in [-0.39, 0.29) is 30.6 Å². The molecular weight excluding hydrogens is 515 g/mol. The lowest BCUT2D eigenvalue weighted by atomic mass is 9.93. The molecule has 1 saturated carbocycles. The zero-order chi connectivity index (χ0) is 28.0. The van der Waals surface area contributed by atoms with Crippen LogP contribution in [0, 0.1) is 0 Å². The highest BCUT2D eigenvalue weighted by Crippen LogP contribution is 2.30. The van der Waals surface area contributed by atoms with Gasteiger partial charge in [-0.2, -0.15) is 18.3 Å². The molecule has 13 heteroatoms. The summed E-state index contributed by atoms with van der Waals surface area (Å²) >= 11 is 0. The summed E-state index contributed by atoms with van der Waals surface area (Å²) in [6.07, 6.45) is 0.334. The smallest absolute Gasteiger partial charge is 0.368 e. The molecule has 1 N–H and O–H groups in total. The number of carbonyl (C=O) groups is 2. The lowest BCUT2D eigenvalue weighted by Crippen LogP contribution is -2.51. The van der Waals surface area contributed by atoms with Crippen molar-refractivity contribution in [2.45, 2.75) is 44.0 Å². The van der Waals surface area contributed by atoms with E-state index in [2.05, 4.69) is 25.4 Å². The number of benzene rings is 1. The van der Waals surface area contributed by atoms with Crippen LogP contribution in [0.15, 0.2) is 30.5 Å². The Morgan fingerprint density at radius 3 is 2.33 bits per heavy atom. The minimum Gasteiger partial charge on any atom is -0.368 e. The van der Waals surface area contributed by atoms with E-state index < -0.39 is 11.7 Å². The van der Waals surface area contributed by atoms with Crippen molar-refractivity contribution in [2.24, 2.45) is 0 Å². The average Bonchev–Trinajstić information content (AvgIpc) is 2.92. The Morgan fingerprint density at radius 1 is 1.05 bits per heavy atom. The van der Waals surface area contributed by atoms with E-state index in [9.17, 15) is 22.8 Å². The Morgan fingerprint density at radius 2 is 1.72 bits per heavy atom. The van der Waals surface area contributed by atoms with E-state index in [1.165, 1.54) is 23.2 Å². The fourth-order valence-corrected chi connectivity index (χ4v) is 4.67. The number of hydrogen-bond donors (Lipinski definition) is 1. The third kappa shape index (κ3) is 8.09. The van der Waals surface area contributed by atoms with Crippen LogP contribution < -0.4 is 10.2 Å². The molecule has 0 bridgehead atoms. The fourth-order valence-electron chi connectivity index (χ4n) is 4.67. The predicted molar refractivity (Wildman–Crippen MR) is 138 cm³/mol. The van der Waals surface area contributed by atoms with Crippen LogP contribution in [-0.4, -0.2) is 102 Å². The van der Waals surface area contributed by atoms with Gasteiger partial charge in [0.15, 0.2) is 0 Å². The van der Waals surface area contributed by atoms with E-state index in [0.29, 0.717) is 49.9 Å². The summed E-state index contributed by atoms with van der Waals surface area (Å²) < 4.78 is 44.3. The largest absolute Gasteiger partial charge is 0.416 e. The summed E-state index contributed by atoms with van der Waals surface area (Å²) in [5.41, 5.74) is 0.251. The van der Waals surface area contributed by atoms with Crippen LogP contribution in [0.5, 0.6) is 0 Å². The highest BCUT2D eigenvalue weighted by Gasteiger charge is 2.30. The number of amides is 2. The van der Waals surface area contributed by atoms with E-state index in [4.69, 9.17) is 4.74 Å². The van der Waals surface area contributed by atoms with Crippen molar-refractivity contribution in [3.63, 3.8) is 0 Å². The van der Waals surface area contributed by atoms with Gasteiger partial charge in [-0.1, -0.05) is 12.1 Å². The molecule has 1 saturated heterocycles. The first-order valence-corrected chi connectivity index (χ1v) is 13.0. The predicted octanol–water partition coefficient (Wildman–Crippen LogP) is 2.21. The molecule has 2 fully saturated rings. The minimum absolute atomic E-state index is 0.0159. The van der Waals surface area contributed by atoms with Crippen LogP contribution in [0.1, 0.15) is 31.2 Å². The molecule has 1 aliphatic carbocycles. The number of halogens is 3. The first kappa shape index (κ1) is 28.7. The topological polar surface area (TPSA) is 104 Å². The lowest BCUT2D eigenvalue weighted by molar-refractivity contribution is -0.138. The van der Waals surface area contributed by atoms with Crippen LogP contribution in [0.4, 0.5) is 19.1 Å². The van der Waals surface area contributed by atoms with E-state index in [0.717, 1.165) is 37.8 Å². The van der Waals surface area contributed by atoms with Gasteiger partial charge in [0.2, 0.25) is 17.8 Å². The standard InChI is InChI=1S/C26H34F3N7O3/c1-34(2)24(38)17-39-21-9-7-20(8-10-21)31-23(37)16-35-11-13-36(14-12-35)25-32-22(15-30-33-25)18-3-5-19(6-4-18)26(27,28)29/h3-6,15,20-21H,7-14,16-17H2,1-2H3,(H,31,37). The molecule has 1 aromatic carbocycles. The molecular formula is C26H34F3N7O3. The molecule has 0 atom stereocenters. The second kappa shape index (κ2) is 12.7. The number of aromatic nitrogens is 3. The second-order valence-electron chi connectivity index (χ2n) is 10.1. The van der Waals surface area contributed by atoms with Crippen molar-refractivity contribution >= 4 is 17.8 Å². The van der Waals surface area contributed by atoms with Crippen LogP contribution in [-0.2, 0) is 20.5 Å². The van der Waals surface area contributed by atoms with Crippen molar-refractivity contribution in [3.05, 3.63) is 36.0 Å². The number of nitrogens with one attached hydrogen (secondary N) is 1. The summed E-state index contributed by atoms with van der Waals surface area (Å²) in [4.78, 5) is 34.4. The SMILES string of the molecule is CN(C)C(=O)COC1CCC(NC(=O)CN2CCN(c3nncc(-c4ccc(C(F)(F)F)cc4)n3)CC2)CC1. The maximum Gasteiger partial charge on any atom is 0.416 e. The molecule has 2 amide bonds. The number of rotatable bonds is 8. The number of likely N-dealkylation sites (N-methyl/N-ethyl adjacent to an activating group) is 1. The number of carbonyl (C=O) groups excluding carboxylic acids is 2.